The fraction of sp³-hybridized carbons (Fsp3) is 0.267. The molecule has 1 aromatic heterocycles. The average Bonchev–Trinajstić information content (AvgIpc) is 3.09. The predicted molar refractivity (Wildman–Crippen MR) is 68.1 cm³/mol. The van der Waals surface area contributed by atoms with Gasteiger partial charge in [-0.25, -0.2) is 4.39 Å². The van der Waals surface area contributed by atoms with Crippen LogP contribution in [0.3, 0.4) is 0 Å². The third kappa shape index (κ3) is 2.26. The first kappa shape index (κ1) is 12.0. The van der Waals surface area contributed by atoms with Gasteiger partial charge in [0, 0.05) is 12.1 Å². The number of nitrogens with zero attached hydrogens (tertiary/aromatic N) is 1. The van der Waals surface area contributed by atoms with Gasteiger partial charge >= 0.3 is 0 Å². The molecule has 2 aromatic rings. The Morgan fingerprint density at radius 3 is 2.74 bits per heavy atom. The molecule has 19 heavy (non-hydrogen) atoms. The minimum Gasteiger partial charge on any atom is -0.467 e. The molecule has 3 nitrogen and oxygen atoms in total. The van der Waals surface area contributed by atoms with Crippen molar-refractivity contribution in [3.05, 3.63) is 59.8 Å². The Hall–Kier alpha value is -2.10. The topological polar surface area (TPSA) is 33.5 Å². The molecule has 1 saturated heterocycles. The first-order valence-electron chi connectivity index (χ1n) is 6.35. The van der Waals surface area contributed by atoms with Gasteiger partial charge in [0.05, 0.1) is 12.3 Å². The Morgan fingerprint density at radius 1 is 1.26 bits per heavy atom. The van der Waals surface area contributed by atoms with Gasteiger partial charge in [-0.05, 0) is 49.2 Å². The quantitative estimate of drug-likeness (QED) is 0.828. The van der Waals surface area contributed by atoms with E-state index in [1.807, 2.05) is 12.1 Å². The summed E-state index contributed by atoms with van der Waals surface area (Å²) in [5.74, 6) is 0.410. The largest absolute Gasteiger partial charge is 0.467 e. The van der Waals surface area contributed by atoms with Crippen molar-refractivity contribution in [2.24, 2.45) is 0 Å². The second-order valence-corrected chi connectivity index (χ2v) is 4.68. The summed E-state index contributed by atoms with van der Waals surface area (Å²) < 4.78 is 18.3. The van der Waals surface area contributed by atoms with Gasteiger partial charge in [0.2, 0.25) is 0 Å². The van der Waals surface area contributed by atoms with Gasteiger partial charge in [-0.15, -0.1) is 0 Å². The predicted octanol–water partition coefficient (Wildman–Crippen LogP) is 3.40. The van der Waals surface area contributed by atoms with Crippen molar-refractivity contribution in [1.82, 2.24) is 4.90 Å². The monoisotopic (exact) mass is 259 g/mol. The third-order valence-electron chi connectivity index (χ3n) is 3.48. The van der Waals surface area contributed by atoms with Gasteiger partial charge in [0.15, 0.2) is 0 Å². The zero-order chi connectivity index (χ0) is 13.2. The van der Waals surface area contributed by atoms with Crippen molar-refractivity contribution in [1.29, 1.82) is 0 Å². The number of furan rings is 1. The fourth-order valence-corrected chi connectivity index (χ4v) is 2.54. The third-order valence-corrected chi connectivity index (χ3v) is 3.48. The Bertz CT molecular complexity index is 562. The van der Waals surface area contributed by atoms with Crippen molar-refractivity contribution in [2.45, 2.75) is 18.9 Å². The lowest BCUT2D eigenvalue weighted by Gasteiger charge is -2.23. The van der Waals surface area contributed by atoms with Gasteiger partial charge < -0.3 is 9.32 Å². The molecule has 0 N–H and O–H groups in total. The minimum absolute atomic E-state index is 0.00690. The second kappa shape index (κ2) is 4.88. The van der Waals surface area contributed by atoms with Crippen LogP contribution in [0.25, 0.3) is 0 Å². The van der Waals surface area contributed by atoms with Crippen LogP contribution in [0.2, 0.25) is 0 Å². The van der Waals surface area contributed by atoms with E-state index in [1.54, 1.807) is 11.2 Å². The van der Waals surface area contributed by atoms with Crippen LogP contribution >= 0.6 is 0 Å². The molecule has 1 aliphatic heterocycles. The molecule has 0 spiro atoms. The molecule has 0 radical (unpaired) electrons. The zero-order valence-corrected chi connectivity index (χ0v) is 10.4. The van der Waals surface area contributed by atoms with E-state index >= 15 is 0 Å². The number of hydrogen-bond acceptors (Lipinski definition) is 2. The molecule has 0 unspecified atom stereocenters. The second-order valence-electron chi connectivity index (χ2n) is 4.68. The summed E-state index contributed by atoms with van der Waals surface area (Å²) in [7, 11) is 0. The van der Waals surface area contributed by atoms with E-state index in [0.717, 1.165) is 18.6 Å². The van der Waals surface area contributed by atoms with E-state index in [9.17, 15) is 9.18 Å². The van der Waals surface area contributed by atoms with Crippen molar-refractivity contribution in [3.63, 3.8) is 0 Å². The van der Waals surface area contributed by atoms with Gasteiger partial charge in [0.1, 0.15) is 11.6 Å². The molecular formula is C15H14FNO2. The lowest BCUT2D eigenvalue weighted by atomic mass is 10.1. The highest BCUT2D eigenvalue weighted by molar-refractivity contribution is 5.94. The van der Waals surface area contributed by atoms with E-state index in [0.29, 0.717) is 12.1 Å². The summed E-state index contributed by atoms with van der Waals surface area (Å²) in [6, 6.07) is 9.38. The lowest BCUT2D eigenvalue weighted by Crippen LogP contribution is -2.30. The van der Waals surface area contributed by atoms with E-state index < -0.39 is 0 Å². The summed E-state index contributed by atoms with van der Waals surface area (Å²) in [4.78, 5) is 14.2. The van der Waals surface area contributed by atoms with E-state index in [1.165, 1.54) is 24.3 Å². The summed E-state index contributed by atoms with van der Waals surface area (Å²) in [5, 5.41) is 0. The number of likely N-dealkylation sites (tertiary alicyclic amines) is 1. The van der Waals surface area contributed by atoms with E-state index in [4.69, 9.17) is 4.42 Å². The minimum atomic E-state index is -0.333. The maximum Gasteiger partial charge on any atom is 0.254 e. The molecule has 1 amide bonds. The SMILES string of the molecule is O=C(c1ccc(F)cc1)N1CCC[C@@H]1c1ccco1. The molecule has 0 bridgehead atoms. The highest BCUT2D eigenvalue weighted by Crippen LogP contribution is 2.33. The molecule has 4 heteroatoms. The molecule has 1 atom stereocenters. The van der Waals surface area contributed by atoms with E-state index in [2.05, 4.69) is 0 Å². The summed E-state index contributed by atoms with van der Waals surface area (Å²) >= 11 is 0. The van der Waals surface area contributed by atoms with Crippen molar-refractivity contribution >= 4 is 5.91 Å². The number of halogens is 1. The van der Waals surface area contributed by atoms with Crippen LogP contribution in [-0.2, 0) is 0 Å². The fourth-order valence-electron chi connectivity index (χ4n) is 2.54. The van der Waals surface area contributed by atoms with Crippen LogP contribution in [0, 0.1) is 5.82 Å². The Morgan fingerprint density at radius 2 is 2.05 bits per heavy atom. The molecule has 1 fully saturated rings. The molecule has 1 aromatic carbocycles. The standard InChI is InChI=1S/C15H14FNO2/c16-12-7-5-11(6-8-12)15(18)17-9-1-3-13(17)14-4-2-10-19-14/h2,4-8,10,13H,1,3,9H2/t13-/m1/s1. The highest BCUT2D eigenvalue weighted by Gasteiger charge is 2.32. The number of rotatable bonds is 2. The van der Waals surface area contributed by atoms with Crippen LogP contribution in [-0.4, -0.2) is 17.4 Å². The zero-order valence-electron chi connectivity index (χ0n) is 10.4. The Balaban J connectivity index is 1.84. The van der Waals surface area contributed by atoms with Crippen LogP contribution in [0.15, 0.2) is 47.1 Å². The van der Waals surface area contributed by atoms with Gasteiger partial charge in [-0.1, -0.05) is 0 Å². The highest BCUT2D eigenvalue weighted by atomic mass is 19.1. The number of hydrogen-bond donors (Lipinski definition) is 0. The molecule has 98 valence electrons. The first-order chi connectivity index (χ1) is 9.25. The average molecular weight is 259 g/mol. The van der Waals surface area contributed by atoms with Crippen LogP contribution in [0.1, 0.15) is 35.0 Å². The van der Waals surface area contributed by atoms with Crippen molar-refractivity contribution in [2.75, 3.05) is 6.54 Å². The number of carbonyl (C=O) groups is 1. The van der Waals surface area contributed by atoms with Gasteiger partial charge in [-0.3, -0.25) is 4.79 Å². The maximum absolute atomic E-state index is 12.9. The normalized spacial score (nSPS) is 18.8. The summed E-state index contributed by atoms with van der Waals surface area (Å²) in [5.41, 5.74) is 0.514. The van der Waals surface area contributed by atoms with Gasteiger partial charge in [0.25, 0.3) is 5.91 Å². The molecule has 3 rings (SSSR count). The molecule has 0 saturated carbocycles. The van der Waals surface area contributed by atoms with Crippen LogP contribution in [0.5, 0.6) is 0 Å². The molecule has 2 heterocycles. The van der Waals surface area contributed by atoms with E-state index in [-0.39, 0.29) is 17.8 Å². The Kier molecular flexibility index (Phi) is 3.07. The molecule has 0 aliphatic carbocycles. The lowest BCUT2D eigenvalue weighted by molar-refractivity contribution is 0.0720. The maximum atomic E-state index is 12.9. The molecular weight excluding hydrogens is 245 g/mol. The van der Waals surface area contributed by atoms with Crippen LogP contribution < -0.4 is 0 Å². The van der Waals surface area contributed by atoms with Crippen molar-refractivity contribution < 1.29 is 13.6 Å². The Labute approximate surface area is 110 Å². The summed E-state index contributed by atoms with van der Waals surface area (Å²) in [6.45, 7) is 0.710. The smallest absolute Gasteiger partial charge is 0.254 e. The van der Waals surface area contributed by atoms with Crippen LogP contribution in [0.4, 0.5) is 4.39 Å². The molecule has 1 aliphatic rings. The summed E-state index contributed by atoms with van der Waals surface area (Å²) in [6.07, 6.45) is 3.48. The number of benzene rings is 1. The van der Waals surface area contributed by atoms with Gasteiger partial charge in [-0.2, -0.15) is 0 Å². The number of amides is 1. The first-order valence-corrected chi connectivity index (χ1v) is 6.35. The van der Waals surface area contributed by atoms with Crippen molar-refractivity contribution in [3.8, 4) is 0 Å². The number of carbonyl (C=O) groups excluding carboxylic acids is 1.